The van der Waals surface area contributed by atoms with E-state index in [1.54, 1.807) is 7.11 Å². The molecule has 1 N–H and O–H groups in total. The number of rotatable bonds is 4. The highest BCUT2D eigenvalue weighted by atomic mass is 35.5. The minimum Gasteiger partial charge on any atom is -0.496 e. The average Bonchev–Trinajstić information content (AvgIpc) is 2.80. The summed E-state index contributed by atoms with van der Waals surface area (Å²) < 4.78 is 5.31. The van der Waals surface area contributed by atoms with Crippen molar-refractivity contribution in [2.75, 3.05) is 18.6 Å². The molecule has 2 nitrogen and oxygen atoms in total. The Hall–Kier alpha value is -0.380. The molecule has 1 fully saturated rings. The lowest BCUT2D eigenvalue weighted by molar-refractivity contribution is 0.406. The second-order valence-corrected chi connectivity index (χ2v) is 5.48. The van der Waals surface area contributed by atoms with Crippen LogP contribution in [0.25, 0.3) is 0 Å². The molecule has 1 aromatic rings. The molecule has 1 aliphatic heterocycles. The van der Waals surface area contributed by atoms with Gasteiger partial charge in [0.1, 0.15) is 5.75 Å². The zero-order valence-electron chi connectivity index (χ0n) is 9.33. The van der Waals surface area contributed by atoms with Crippen LogP contribution in [0.15, 0.2) is 18.2 Å². The maximum atomic E-state index is 5.92. The number of ether oxygens (including phenoxy) is 1. The summed E-state index contributed by atoms with van der Waals surface area (Å²) in [4.78, 5) is 0. The molecule has 2 rings (SSSR count). The number of hydrogen-bond acceptors (Lipinski definition) is 3. The van der Waals surface area contributed by atoms with E-state index in [0.29, 0.717) is 6.04 Å². The SMILES string of the molecule is COc1cc(Cl)ccc1CNC1CCSC1. The smallest absolute Gasteiger partial charge is 0.124 e. The normalized spacial score (nSPS) is 20.0. The summed E-state index contributed by atoms with van der Waals surface area (Å²) in [6.07, 6.45) is 1.26. The Morgan fingerprint density at radius 3 is 3.12 bits per heavy atom. The van der Waals surface area contributed by atoms with Gasteiger partial charge in [-0.3, -0.25) is 0 Å². The van der Waals surface area contributed by atoms with E-state index in [1.165, 1.54) is 23.5 Å². The molecule has 0 spiro atoms. The lowest BCUT2D eigenvalue weighted by atomic mass is 10.2. The molecule has 1 aromatic carbocycles. The molecule has 4 heteroatoms. The van der Waals surface area contributed by atoms with E-state index < -0.39 is 0 Å². The van der Waals surface area contributed by atoms with Crippen LogP contribution in [0.5, 0.6) is 5.75 Å². The summed E-state index contributed by atoms with van der Waals surface area (Å²) in [6, 6.07) is 6.44. The molecule has 0 aliphatic carbocycles. The van der Waals surface area contributed by atoms with Gasteiger partial charge in [-0.25, -0.2) is 0 Å². The van der Waals surface area contributed by atoms with Crippen molar-refractivity contribution < 1.29 is 4.74 Å². The van der Waals surface area contributed by atoms with Gasteiger partial charge in [-0.2, -0.15) is 11.8 Å². The third-order valence-electron chi connectivity index (χ3n) is 2.76. The van der Waals surface area contributed by atoms with Crippen LogP contribution in [0.3, 0.4) is 0 Å². The third-order valence-corrected chi connectivity index (χ3v) is 4.16. The minimum absolute atomic E-state index is 0.644. The van der Waals surface area contributed by atoms with Gasteiger partial charge in [0.2, 0.25) is 0 Å². The fourth-order valence-electron chi connectivity index (χ4n) is 1.81. The van der Waals surface area contributed by atoms with Crippen molar-refractivity contribution in [1.82, 2.24) is 5.32 Å². The number of halogens is 1. The van der Waals surface area contributed by atoms with Gasteiger partial charge in [-0.05, 0) is 24.3 Å². The van der Waals surface area contributed by atoms with E-state index in [0.717, 1.165) is 17.3 Å². The summed E-state index contributed by atoms with van der Waals surface area (Å²) in [5.41, 5.74) is 1.17. The van der Waals surface area contributed by atoms with Crippen LogP contribution < -0.4 is 10.1 Å². The zero-order chi connectivity index (χ0) is 11.4. The van der Waals surface area contributed by atoms with Crippen molar-refractivity contribution in [3.8, 4) is 5.75 Å². The second-order valence-electron chi connectivity index (χ2n) is 3.90. The molecule has 0 saturated carbocycles. The first kappa shape index (κ1) is 12.1. The first-order chi connectivity index (χ1) is 7.79. The number of benzene rings is 1. The Kier molecular flexibility index (Phi) is 4.38. The van der Waals surface area contributed by atoms with Crippen LogP contribution in [0.1, 0.15) is 12.0 Å². The molecule has 0 radical (unpaired) electrons. The quantitative estimate of drug-likeness (QED) is 0.896. The molecule has 1 aliphatic rings. The van der Waals surface area contributed by atoms with Gasteiger partial charge in [0, 0.05) is 28.9 Å². The Morgan fingerprint density at radius 1 is 1.56 bits per heavy atom. The van der Waals surface area contributed by atoms with Gasteiger partial charge in [0.15, 0.2) is 0 Å². The maximum Gasteiger partial charge on any atom is 0.124 e. The van der Waals surface area contributed by atoms with Crippen molar-refractivity contribution in [1.29, 1.82) is 0 Å². The maximum absolute atomic E-state index is 5.92. The van der Waals surface area contributed by atoms with E-state index in [1.807, 2.05) is 30.0 Å². The fourth-order valence-corrected chi connectivity index (χ4v) is 3.16. The standard InChI is InChI=1S/C12H16ClNOS/c1-15-12-6-10(13)3-2-9(12)7-14-11-4-5-16-8-11/h2-3,6,11,14H,4-5,7-8H2,1H3. The van der Waals surface area contributed by atoms with Crippen molar-refractivity contribution in [3.05, 3.63) is 28.8 Å². The fraction of sp³-hybridized carbons (Fsp3) is 0.500. The highest BCUT2D eigenvalue weighted by molar-refractivity contribution is 7.99. The second kappa shape index (κ2) is 5.80. The summed E-state index contributed by atoms with van der Waals surface area (Å²) in [5, 5.41) is 4.27. The van der Waals surface area contributed by atoms with Gasteiger partial charge >= 0.3 is 0 Å². The van der Waals surface area contributed by atoms with Crippen molar-refractivity contribution in [2.24, 2.45) is 0 Å². The van der Waals surface area contributed by atoms with Crippen molar-refractivity contribution in [2.45, 2.75) is 19.0 Å². The van der Waals surface area contributed by atoms with Gasteiger partial charge in [0.25, 0.3) is 0 Å². The number of thioether (sulfide) groups is 1. The first-order valence-electron chi connectivity index (χ1n) is 5.43. The molecule has 88 valence electrons. The molecule has 1 atom stereocenters. The molecule has 0 bridgehead atoms. The van der Waals surface area contributed by atoms with Gasteiger partial charge in [-0.1, -0.05) is 17.7 Å². The van der Waals surface area contributed by atoms with E-state index in [-0.39, 0.29) is 0 Å². The van der Waals surface area contributed by atoms with E-state index >= 15 is 0 Å². The molecule has 1 unspecified atom stereocenters. The monoisotopic (exact) mass is 257 g/mol. The molecule has 1 heterocycles. The van der Waals surface area contributed by atoms with Crippen LogP contribution in [-0.2, 0) is 6.54 Å². The van der Waals surface area contributed by atoms with Crippen LogP contribution in [-0.4, -0.2) is 24.7 Å². The number of methoxy groups -OCH3 is 1. The highest BCUT2D eigenvalue weighted by Gasteiger charge is 2.15. The van der Waals surface area contributed by atoms with Gasteiger partial charge < -0.3 is 10.1 Å². The lowest BCUT2D eigenvalue weighted by Gasteiger charge is -2.13. The Morgan fingerprint density at radius 2 is 2.44 bits per heavy atom. The van der Waals surface area contributed by atoms with Crippen LogP contribution in [0.4, 0.5) is 0 Å². The molecule has 0 aromatic heterocycles. The van der Waals surface area contributed by atoms with Crippen LogP contribution >= 0.6 is 23.4 Å². The first-order valence-corrected chi connectivity index (χ1v) is 6.96. The molecular formula is C12H16ClNOS. The number of nitrogens with one attached hydrogen (secondary N) is 1. The number of hydrogen-bond donors (Lipinski definition) is 1. The Bertz CT molecular complexity index is 353. The van der Waals surface area contributed by atoms with Gasteiger partial charge in [0.05, 0.1) is 7.11 Å². The summed E-state index contributed by atoms with van der Waals surface area (Å²) in [7, 11) is 1.68. The van der Waals surface area contributed by atoms with Crippen LogP contribution in [0, 0.1) is 0 Å². The topological polar surface area (TPSA) is 21.3 Å². The minimum atomic E-state index is 0.644. The highest BCUT2D eigenvalue weighted by Crippen LogP contribution is 2.24. The lowest BCUT2D eigenvalue weighted by Crippen LogP contribution is -2.28. The average molecular weight is 258 g/mol. The summed E-state index contributed by atoms with van der Waals surface area (Å²) in [5.74, 6) is 3.36. The van der Waals surface area contributed by atoms with E-state index in [9.17, 15) is 0 Å². The van der Waals surface area contributed by atoms with Crippen molar-refractivity contribution >= 4 is 23.4 Å². The summed E-state index contributed by atoms with van der Waals surface area (Å²) in [6.45, 7) is 0.853. The largest absolute Gasteiger partial charge is 0.496 e. The molecular weight excluding hydrogens is 242 g/mol. The Labute approximate surface area is 106 Å². The van der Waals surface area contributed by atoms with E-state index in [4.69, 9.17) is 16.3 Å². The van der Waals surface area contributed by atoms with Crippen LogP contribution in [0.2, 0.25) is 5.02 Å². The Balaban J connectivity index is 1.97. The predicted octanol–water partition coefficient (Wildman–Crippen LogP) is 2.94. The summed E-state index contributed by atoms with van der Waals surface area (Å²) >= 11 is 7.93. The van der Waals surface area contributed by atoms with Gasteiger partial charge in [-0.15, -0.1) is 0 Å². The van der Waals surface area contributed by atoms with Crippen molar-refractivity contribution in [3.63, 3.8) is 0 Å². The molecule has 0 amide bonds. The predicted molar refractivity (Wildman–Crippen MR) is 70.6 cm³/mol. The van der Waals surface area contributed by atoms with E-state index in [2.05, 4.69) is 5.32 Å². The third kappa shape index (κ3) is 3.06. The molecule has 1 saturated heterocycles. The zero-order valence-corrected chi connectivity index (χ0v) is 10.9. The molecule has 16 heavy (non-hydrogen) atoms.